The highest BCUT2D eigenvalue weighted by atomic mass is 35.5. The molecule has 3 aromatic rings. The van der Waals surface area contributed by atoms with E-state index in [0.29, 0.717) is 16.2 Å². The Hall–Kier alpha value is -2.79. The standard InChI is InChI=1S/C21H19ClO5/c1-21(2,3)13-6-4-12(5-7-13)19-20(26-11-17(23)24)18(25)15-10-14(22)8-9-16(15)27-19/h4-10H,11H2,1-3H3,(H,23,24). The van der Waals surface area contributed by atoms with Gasteiger partial charge in [0, 0.05) is 10.6 Å². The van der Waals surface area contributed by atoms with Gasteiger partial charge in [-0.15, -0.1) is 0 Å². The summed E-state index contributed by atoms with van der Waals surface area (Å²) in [5.74, 6) is -1.14. The molecule has 1 N–H and O–H groups in total. The normalized spacial score (nSPS) is 11.6. The lowest BCUT2D eigenvalue weighted by Crippen LogP contribution is -2.16. The number of hydrogen-bond donors (Lipinski definition) is 1. The van der Waals surface area contributed by atoms with Crippen LogP contribution in [0.25, 0.3) is 22.3 Å². The van der Waals surface area contributed by atoms with E-state index in [9.17, 15) is 9.59 Å². The highest BCUT2D eigenvalue weighted by Gasteiger charge is 2.20. The number of ether oxygens (including phenoxy) is 1. The van der Waals surface area contributed by atoms with Crippen molar-refractivity contribution in [2.75, 3.05) is 6.61 Å². The molecule has 0 unspecified atom stereocenters. The van der Waals surface area contributed by atoms with Crippen LogP contribution in [-0.2, 0) is 10.2 Å². The first kappa shape index (κ1) is 19.0. The zero-order valence-corrected chi connectivity index (χ0v) is 16.0. The average molecular weight is 387 g/mol. The molecule has 0 saturated heterocycles. The van der Waals surface area contributed by atoms with Gasteiger partial charge in [-0.2, -0.15) is 0 Å². The molecule has 2 aromatic carbocycles. The maximum atomic E-state index is 12.9. The lowest BCUT2D eigenvalue weighted by Gasteiger charge is -2.19. The first-order chi connectivity index (χ1) is 12.7. The number of carboxylic acid groups (broad SMARTS) is 1. The molecule has 27 heavy (non-hydrogen) atoms. The van der Waals surface area contributed by atoms with Crippen molar-refractivity contribution in [1.82, 2.24) is 0 Å². The summed E-state index contributed by atoms with van der Waals surface area (Å²) in [4.78, 5) is 23.8. The van der Waals surface area contributed by atoms with Crippen molar-refractivity contribution in [3.05, 3.63) is 63.3 Å². The molecule has 1 aromatic heterocycles. The number of rotatable bonds is 4. The second-order valence-corrected chi connectivity index (χ2v) is 7.68. The minimum absolute atomic E-state index is 0.0257. The van der Waals surface area contributed by atoms with Gasteiger partial charge in [0.15, 0.2) is 12.4 Å². The topological polar surface area (TPSA) is 76.7 Å². The van der Waals surface area contributed by atoms with Crippen LogP contribution in [-0.4, -0.2) is 17.7 Å². The fourth-order valence-electron chi connectivity index (χ4n) is 2.73. The van der Waals surface area contributed by atoms with Crippen LogP contribution in [0.3, 0.4) is 0 Å². The first-order valence-corrected chi connectivity index (χ1v) is 8.76. The van der Waals surface area contributed by atoms with E-state index in [0.717, 1.165) is 5.56 Å². The second-order valence-electron chi connectivity index (χ2n) is 7.24. The number of fused-ring (bicyclic) bond motifs is 1. The van der Waals surface area contributed by atoms with Crippen molar-refractivity contribution in [1.29, 1.82) is 0 Å². The molecular weight excluding hydrogens is 368 g/mol. The average Bonchev–Trinajstić information content (AvgIpc) is 2.60. The summed E-state index contributed by atoms with van der Waals surface area (Å²) < 4.78 is 11.2. The molecule has 0 bridgehead atoms. The van der Waals surface area contributed by atoms with Gasteiger partial charge in [0.1, 0.15) is 5.58 Å². The maximum Gasteiger partial charge on any atom is 0.341 e. The lowest BCUT2D eigenvalue weighted by atomic mass is 9.86. The van der Waals surface area contributed by atoms with Crippen molar-refractivity contribution in [3.8, 4) is 17.1 Å². The summed E-state index contributed by atoms with van der Waals surface area (Å²) in [5, 5.41) is 9.54. The van der Waals surface area contributed by atoms with E-state index in [1.54, 1.807) is 12.1 Å². The Bertz CT molecular complexity index is 1060. The van der Waals surface area contributed by atoms with Gasteiger partial charge in [-0.05, 0) is 29.2 Å². The van der Waals surface area contributed by atoms with Gasteiger partial charge in [0.25, 0.3) is 0 Å². The summed E-state index contributed by atoms with van der Waals surface area (Å²) in [5.41, 5.74) is 1.60. The van der Waals surface area contributed by atoms with Crippen LogP contribution in [0.2, 0.25) is 5.02 Å². The smallest absolute Gasteiger partial charge is 0.341 e. The number of hydrogen-bond acceptors (Lipinski definition) is 4. The third-order valence-electron chi connectivity index (χ3n) is 4.16. The van der Waals surface area contributed by atoms with Gasteiger partial charge >= 0.3 is 5.97 Å². The molecule has 0 amide bonds. The molecule has 5 nitrogen and oxygen atoms in total. The quantitative estimate of drug-likeness (QED) is 0.691. The fourth-order valence-corrected chi connectivity index (χ4v) is 2.90. The zero-order valence-electron chi connectivity index (χ0n) is 15.2. The number of carbonyl (C=O) groups is 1. The van der Waals surface area contributed by atoms with Gasteiger partial charge in [-0.3, -0.25) is 4.79 Å². The van der Waals surface area contributed by atoms with E-state index in [1.807, 2.05) is 24.3 Å². The molecule has 0 saturated carbocycles. The van der Waals surface area contributed by atoms with E-state index in [2.05, 4.69) is 20.8 Å². The highest BCUT2D eigenvalue weighted by molar-refractivity contribution is 6.31. The second kappa shape index (κ2) is 7.08. The Labute approximate surface area is 161 Å². The van der Waals surface area contributed by atoms with Crippen LogP contribution in [0.1, 0.15) is 26.3 Å². The molecule has 0 aliphatic carbocycles. The van der Waals surface area contributed by atoms with E-state index in [1.165, 1.54) is 6.07 Å². The summed E-state index contributed by atoms with van der Waals surface area (Å²) in [7, 11) is 0. The molecule has 140 valence electrons. The van der Waals surface area contributed by atoms with Crippen LogP contribution in [0.5, 0.6) is 5.75 Å². The number of carboxylic acids is 1. The summed E-state index contributed by atoms with van der Waals surface area (Å²) >= 11 is 5.97. The molecule has 0 spiro atoms. The van der Waals surface area contributed by atoms with Crippen molar-refractivity contribution in [3.63, 3.8) is 0 Å². The molecule has 0 aliphatic rings. The fraction of sp³-hybridized carbons (Fsp3) is 0.238. The minimum Gasteiger partial charge on any atom is -0.479 e. The van der Waals surface area contributed by atoms with Gasteiger partial charge in [-0.25, -0.2) is 4.79 Å². The van der Waals surface area contributed by atoms with Crippen LogP contribution < -0.4 is 10.2 Å². The van der Waals surface area contributed by atoms with Crippen LogP contribution in [0.15, 0.2) is 51.7 Å². The number of benzene rings is 2. The van der Waals surface area contributed by atoms with E-state index >= 15 is 0 Å². The molecule has 0 aliphatic heterocycles. The Morgan fingerprint density at radius 2 is 1.81 bits per heavy atom. The Kier molecular flexibility index (Phi) is 4.98. The Balaban J connectivity index is 2.20. The van der Waals surface area contributed by atoms with Crippen molar-refractivity contribution < 1.29 is 19.1 Å². The first-order valence-electron chi connectivity index (χ1n) is 8.38. The van der Waals surface area contributed by atoms with Crippen LogP contribution >= 0.6 is 11.6 Å². The maximum absolute atomic E-state index is 12.9. The largest absolute Gasteiger partial charge is 0.479 e. The molecule has 6 heteroatoms. The van der Waals surface area contributed by atoms with Crippen molar-refractivity contribution in [2.24, 2.45) is 0 Å². The van der Waals surface area contributed by atoms with Crippen molar-refractivity contribution >= 4 is 28.5 Å². The SMILES string of the molecule is CC(C)(C)c1ccc(-c2oc3ccc(Cl)cc3c(=O)c2OCC(=O)O)cc1. The molecule has 0 radical (unpaired) electrons. The molecule has 0 fully saturated rings. The van der Waals surface area contributed by atoms with Crippen LogP contribution in [0, 0.1) is 0 Å². The summed E-state index contributed by atoms with van der Waals surface area (Å²) in [6, 6.07) is 12.3. The Morgan fingerprint density at radius 1 is 1.15 bits per heavy atom. The number of halogens is 1. The molecular formula is C21H19ClO5. The van der Waals surface area contributed by atoms with Gasteiger partial charge in [0.05, 0.1) is 5.39 Å². The molecule has 1 heterocycles. The highest BCUT2D eigenvalue weighted by Crippen LogP contribution is 2.33. The minimum atomic E-state index is -1.19. The predicted octanol–water partition coefficient (Wildman–Crippen LogP) is 4.87. The van der Waals surface area contributed by atoms with Crippen molar-refractivity contribution in [2.45, 2.75) is 26.2 Å². The summed E-state index contributed by atoms with van der Waals surface area (Å²) in [6.07, 6.45) is 0. The number of aliphatic carboxylic acids is 1. The lowest BCUT2D eigenvalue weighted by molar-refractivity contribution is -0.139. The van der Waals surface area contributed by atoms with Crippen LogP contribution in [0.4, 0.5) is 0 Å². The molecule has 0 atom stereocenters. The van der Waals surface area contributed by atoms with Gasteiger partial charge in [-0.1, -0.05) is 56.6 Å². The predicted molar refractivity (Wildman–Crippen MR) is 105 cm³/mol. The van der Waals surface area contributed by atoms with Gasteiger partial charge < -0.3 is 14.3 Å². The van der Waals surface area contributed by atoms with Gasteiger partial charge in [0.2, 0.25) is 11.2 Å². The van der Waals surface area contributed by atoms with E-state index in [-0.39, 0.29) is 22.3 Å². The Morgan fingerprint density at radius 3 is 2.41 bits per heavy atom. The van der Waals surface area contributed by atoms with E-state index < -0.39 is 18.0 Å². The van der Waals surface area contributed by atoms with E-state index in [4.69, 9.17) is 25.9 Å². The third kappa shape index (κ3) is 3.98. The summed E-state index contributed by atoms with van der Waals surface area (Å²) in [6.45, 7) is 5.65. The zero-order chi connectivity index (χ0) is 19.8. The molecule has 3 rings (SSSR count). The third-order valence-corrected chi connectivity index (χ3v) is 4.40. The monoisotopic (exact) mass is 386 g/mol.